The lowest BCUT2D eigenvalue weighted by atomic mass is 9.87. The smallest absolute Gasteiger partial charge is 0.224 e. The Bertz CT molecular complexity index is 428. The van der Waals surface area contributed by atoms with Gasteiger partial charge in [0, 0.05) is 17.5 Å². The zero-order valence-corrected chi connectivity index (χ0v) is 11.7. The molecule has 1 aliphatic carbocycles. The van der Waals surface area contributed by atoms with Gasteiger partial charge in [-0.25, -0.2) is 0 Å². The Balaban J connectivity index is 1.88. The number of nitrogens with zero attached hydrogens (tertiary/aromatic N) is 1. The first-order valence-corrected chi connectivity index (χ1v) is 6.86. The molecule has 1 fully saturated rings. The predicted octanol–water partition coefficient (Wildman–Crippen LogP) is 1.50. The number of hydrogen-bond acceptors (Lipinski definition) is 4. The number of nitrogens with one attached hydrogen (secondary N) is 1. The Hall–Kier alpha value is -1.36. The van der Waals surface area contributed by atoms with Crippen LogP contribution in [0.3, 0.4) is 0 Å². The van der Waals surface area contributed by atoms with Gasteiger partial charge in [0.2, 0.25) is 5.91 Å². The predicted molar refractivity (Wildman–Crippen MR) is 70.7 cm³/mol. The SMILES string of the molecule is Cc1noc(C)c1CC(=O)NCC1(CO)CCCC1. The first-order chi connectivity index (χ1) is 9.06. The van der Waals surface area contributed by atoms with Gasteiger partial charge in [0.1, 0.15) is 5.76 Å². The second-order valence-corrected chi connectivity index (χ2v) is 5.62. The van der Waals surface area contributed by atoms with Crippen LogP contribution in [0.5, 0.6) is 0 Å². The Morgan fingerprint density at radius 2 is 2.11 bits per heavy atom. The standard InChI is InChI=1S/C14H22N2O3/c1-10-12(11(2)19-16-10)7-13(18)15-8-14(9-17)5-3-4-6-14/h17H,3-9H2,1-2H3,(H,15,18). The molecule has 5 nitrogen and oxygen atoms in total. The van der Waals surface area contributed by atoms with E-state index in [4.69, 9.17) is 4.52 Å². The van der Waals surface area contributed by atoms with Crippen molar-refractivity contribution in [2.45, 2.75) is 46.0 Å². The van der Waals surface area contributed by atoms with Gasteiger partial charge in [0.05, 0.1) is 18.7 Å². The maximum Gasteiger partial charge on any atom is 0.224 e. The van der Waals surface area contributed by atoms with E-state index in [9.17, 15) is 9.90 Å². The van der Waals surface area contributed by atoms with Crippen molar-refractivity contribution in [3.8, 4) is 0 Å². The van der Waals surface area contributed by atoms with Crippen LogP contribution >= 0.6 is 0 Å². The van der Waals surface area contributed by atoms with Crippen LogP contribution in [0.1, 0.15) is 42.7 Å². The summed E-state index contributed by atoms with van der Waals surface area (Å²) in [6.07, 6.45) is 4.56. The van der Waals surface area contributed by atoms with Gasteiger partial charge in [-0.3, -0.25) is 4.79 Å². The van der Waals surface area contributed by atoms with Gasteiger partial charge < -0.3 is 14.9 Å². The molecule has 0 radical (unpaired) electrons. The average molecular weight is 266 g/mol. The summed E-state index contributed by atoms with van der Waals surface area (Å²) in [5.41, 5.74) is 1.53. The Morgan fingerprint density at radius 1 is 1.42 bits per heavy atom. The fourth-order valence-electron chi connectivity index (χ4n) is 2.78. The van der Waals surface area contributed by atoms with Crippen LogP contribution in [0, 0.1) is 19.3 Å². The minimum atomic E-state index is -0.103. The third-order valence-electron chi connectivity index (χ3n) is 4.18. The molecule has 1 saturated carbocycles. The summed E-state index contributed by atoms with van der Waals surface area (Å²) < 4.78 is 5.05. The molecule has 5 heteroatoms. The lowest BCUT2D eigenvalue weighted by Gasteiger charge is -2.26. The van der Waals surface area contributed by atoms with Gasteiger partial charge in [0.25, 0.3) is 0 Å². The molecule has 0 bridgehead atoms. The molecule has 1 heterocycles. The number of aromatic nitrogens is 1. The molecule has 1 aromatic rings. The molecule has 0 aliphatic heterocycles. The van der Waals surface area contributed by atoms with Crippen molar-refractivity contribution >= 4 is 5.91 Å². The zero-order chi connectivity index (χ0) is 13.9. The molecule has 1 amide bonds. The van der Waals surface area contributed by atoms with E-state index >= 15 is 0 Å². The fourth-order valence-corrected chi connectivity index (χ4v) is 2.78. The van der Waals surface area contributed by atoms with Crippen LogP contribution in [0.2, 0.25) is 0 Å². The second-order valence-electron chi connectivity index (χ2n) is 5.62. The van der Waals surface area contributed by atoms with Gasteiger partial charge in [-0.2, -0.15) is 0 Å². The molecule has 0 aromatic carbocycles. The number of carbonyl (C=O) groups is 1. The third kappa shape index (κ3) is 3.15. The number of aliphatic hydroxyl groups is 1. The largest absolute Gasteiger partial charge is 0.396 e. The van der Waals surface area contributed by atoms with Crippen molar-refractivity contribution in [3.05, 3.63) is 17.0 Å². The minimum absolute atomic E-state index is 0.0332. The lowest BCUT2D eigenvalue weighted by molar-refractivity contribution is -0.121. The number of rotatable bonds is 5. The Morgan fingerprint density at radius 3 is 2.63 bits per heavy atom. The minimum Gasteiger partial charge on any atom is -0.396 e. The highest BCUT2D eigenvalue weighted by Gasteiger charge is 2.33. The highest BCUT2D eigenvalue weighted by molar-refractivity contribution is 5.79. The molecule has 2 N–H and O–H groups in total. The molecule has 0 saturated heterocycles. The van der Waals surface area contributed by atoms with Crippen LogP contribution in [0.4, 0.5) is 0 Å². The highest BCUT2D eigenvalue weighted by Crippen LogP contribution is 2.36. The second kappa shape index (κ2) is 5.74. The van der Waals surface area contributed by atoms with Crippen LogP contribution in [-0.4, -0.2) is 29.3 Å². The number of carbonyl (C=O) groups excluding carboxylic acids is 1. The molecule has 106 valence electrons. The summed E-state index contributed by atoms with van der Waals surface area (Å²) >= 11 is 0. The summed E-state index contributed by atoms with van der Waals surface area (Å²) in [6.45, 7) is 4.37. The van der Waals surface area contributed by atoms with E-state index in [2.05, 4.69) is 10.5 Å². The maximum absolute atomic E-state index is 12.0. The molecule has 0 atom stereocenters. The quantitative estimate of drug-likeness (QED) is 0.847. The van der Waals surface area contributed by atoms with Gasteiger partial charge in [-0.15, -0.1) is 0 Å². The van der Waals surface area contributed by atoms with Crippen LogP contribution in [0.25, 0.3) is 0 Å². The zero-order valence-electron chi connectivity index (χ0n) is 11.7. The number of hydrogen-bond donors (Lipinski definition) is 2. The molecule has 0 unspecified atom stereocenters. The van der Waals surface area contributed by atoms with Gasteiger partial charge in [-0.1, -0.05) is 18.0 Å². The molecule has 19 heavy (non-hydrogen) atoms. The Kier molecular flexibility index (Phi) is 4.24. The van der Waals surface area contributed by atoms with E-state index in [0.717, 1.165) is 36.9 Å². The van der Waals surface area contributed by atoms with E-state index in [0.29, 0.717) is 18.7 Å². The van der Waals surface area contributed by atoms with Crippen molar-refractivity contribution in [3.63, 3.8) is 0 Å². The van der Waals surface area contributed by atoms with Crippen LogP contribution in [0.15, 0.2) is 4.52 Å². The van der Waals surface area contributed by atoms with Gasteiger partial charge in [0.15, 0.2) is 0 Å². The van der Waals surface area contributed by atoms with Gasteiger partial charge >= 0.3 is 0 Å². The molecule has 2 rings (SSSR count). The van der Waals surface area contributed by atoms with E-state index in [-0.39, 0.29) is 17.9 Å². The number of aliphatic hydroxyl groups excluding tert-OH is 1. The normalized spacial score (nSPS) is 17.6. The first kappa shape index (κ1) is 14.1. The summed E-state index contributed by atoms with van der Waals surface area (Å²) in [6, 6.07) is 0. The topological polar surface area (TPSA) is 75.4 Å². The van der Waals surface area contributed by atoms with E-state index in [1.165, 1.54) is 0 Å². The van der Waals surface area contributed by atoms with Crippen molar-refractivity contribution in [1.29, 1.82) is 0 Å². The third-order valence-corrected chi connectivity index (χ3v) is 4.18. The lowest BCUT2D eigenvalue weighted by Crippen LogP contribution is -2.39. The number of amides is 1. The number of aryl methyl sites for hydroxylation is 2. The summed E-state index contributed by atoms with van der Waals surface area (Å²) in [7, 11) is 0. The summed E-state index contributed by atoms with van der Waals surface area (Å²) in [4.78, 5) is 12.0. The maximum atomic E-state index is 12.0. The average Bonchev–Trinajstić information content (AvgIpc) is 2.99. The summed E-state index contributed by atoms with van der Waals surface area (Å²) in [5, 5.41) is 16.3. The van der Waals surface area contributed by atoms with Crippen molar-refractivity contribution in [2.75, 3.05) is 13.2 Å². The van der Waals surface area contributed by atoms with Crippen molar-refractivity contribution < 1.29 is 14.4 Å². The first-order valence-electron chi connectivity index (χ1n) is 6.86. The molecule has 0 spiro atoms. The Labute approximate surface area is 113 Å². The molecule has 1 aliphatic rings. The highest BCUT2D eigenvalue weighted by atomic mass is 16.5. The van der Waals surface area contributed by atoms with E-state index < -0.39 is 0 Å². The monoisotopic (exact) mass is 266 g/mol. The van der Waals surface area contributed by atoms with Crippen molar-refractivity contribution in [2.24, 2.45) is 5.41 Å². The molecule has 1 aromatic heterocycles. The van der Waals surface area contributed by atoms with Crippen LogP contribution < -0.4 is 5.32 Å². The van der Waals surface area contributed by atoms with Crippen LogP contribution in [-0.2, 0) is 11.2 Å². The molecular formula is C14H22N2O3. The van der Waals surface area contributed by atoms with E-state index in [1.807, 2.05) is 13.8 Å². The summed E-state index contributed by atoms with van der Waals surface area (Å²) in [5.74, 6) is 0.666. The van der Waals surface area contributed by atoms with Gasteiger partial charge in [-0.05, 0) is 26.7 Å². The molecular weight excluding hydrogens is 244 g/mol. The van der Waals surface area contributed by atoms with E-state index in [1.54, 1.807) is 0 Å². The van der Waals surface area contributed by atoms with Crippen molar-refractivity contribution in [1.82, 2.24) is 10.5 Å². The fraction of sp³-hybridized carbons (Fsp3) is 0.714.